The molecule has 0 aromatic carbocycles. The third-order valence-corrected chi connectivity index (χ3v) is 3.68. The number of anilines is 1. The van der Waals surface area contributed by atoms with Crippen molar-refractivity contribution in [3.8, 4) is 0 Å². The third kappa shape index (κ3) is 3.22. The zero-order valence-electron chi connectivity index (χ0n) is 11.9. The molecule has 3 heteroatoms. The summed E-state index contributed by atoms with van der Waals surface area (Å²) in [6.45, 7) is 9.65. The fourth-order valence-corrected chi connectivity index (χ4v) is 2.68. The second kappa shape index (κ2) is 6.19. The van der Waals surface area contributed by atoms with Crippen molar-refractivity contribution in [3.05, 3.63) is 23.4 Å². The lowest BCUT2D eigenvalue weighted by Gasteiger charge is -2.34. The van der Waals surface area contributed by atoms with Crippen LogP contribution in [0.4, 0.5) is 5.82 Å². The van der Waals surface area contributed by atoms with Crippen molar-refractivity contribution in [1.29, 1.82) is 0 Å². The second-order valence-corrected chi connectivity index (χ2v) is 5.29. The van der Waals surface area contributed by atoms with Crippen LogP contribution in [0.5, 0.6) is 0 Å². The lowest BCUT2D eigenvalue weighted by molar-refractivity contribution is 0.481. The van der Waals surface area contributed by atoms with Crippen LogP contribution in [0.1, 0.15) is 44.4 Å². The van der Waals surface area contributed by atoms with Gasteiger partial charge in [-0.3, -0.25) is 0 Å². The van der Waals surface area contributed by atoms with Gasteiger partial charge in [0.1, 0.15) is 5.82 Å². The lowest BCUT2D eigenvalue weighted by atomic mass is 10.0. The van der Waals surface area contributed by atoms with Gasteiger partial charge in [-0.05, 0) is 57.4 Å². The molecule has 1 aliphatic rings. The van der Waals surface area contributed by atoms with Crippen molar-refractivity contribution >= 4 is 5.82 Å². The van der Waals surface area contributed by atoms with Crippen LogP contribution in [0.2, 0.25) is 0 Å². The van der Waals surface area contributed by atoms with E-state index in [4.69, 9.17) is 4.98 Å². The summed E-state index contributed by atoms with van der Waals surface area (Å²) in [4.78, 5) is 7.18. The molecule has 1 aromatic rings. The molecule has 0 radical (unpaired) electrons. The quantitative estimate of drug-likeness (QED) is 0.886. The number of hydrogen-bond donors (Lipinski definition) is 1. The maximum Gasteiger partial charge on any atom is 0.129 e. The van der Waals surface area contributed by atoms with Gasteiger partial charge in [0.05, 0.1) is 0 Å². The molecule has 1 unspecified atom stereocenters. The van der Waals surface area contributed by atoms with Crippen LogP contribution in [0.25, 0.3) is 0 Å². The Hall–Kier alpha value is -1.09. The molecule has 1 N–H and O–H groups in total. The van der Waals surface area contributed by atoms with Crippen LogP contribution in [0, 0.1) is 6.92 Å². The molecule has 3 nitrogen and oxygen atoms in total. The average Bonchev–Trinajstić information content (AvgIpc) is 2.36. The topological polar surface area (TPSA) is 28.2 Å². The Morgan fingerprint density at radius 1 is 1.39 bits per heavy atom. The number of hydrogen-bond acceptors (Lipinski definition) is 3. The van der Waals surface area contributed by atoms with Crippen molar-refractivity contribution in [3.63, 3.8) is 0 Å². The third-order valence-electron chi connectivity index (χ3n) is 3.68. The molecule has 1 fully saturated rings. The van der Waals surface area contributed by atoms with Crippen LogP contribution in [-0.4, -0.2) is 24.1 Å². The van der Waals surface area contributed by atoms with E-state index in [1.54, 1.807) is 0 Å². The minimum Gasteiger partial charge on any atom is -0.354 e. The van der Waals surface area contributed by atoms with Gasteiger partial charge >= 0.3 is 0 Å². The number of rotatable bonds is 4. The molecule has 0 aliphatic carbocycles. The molecule has 2 heterocycles. The highest BCUT2D eigenvalue weighted by atomic mass is 15.2. The van der Waals surface area contributed by atoms with E-state index in [1.807, 2.05) is 0 Å². The van der Waals surface area contributed by atoms with Crippen LogP contribution in [0.15, 0.2) is 12.1 Å². The minimum atomic E-state index is 0.625. The van der Waals surface area contributed by atoms with E-state index >= 15 is 0 Å². The first-order chi connectivity index (χ1) is 8.70. The number of nitrogens with zero attached hydrogens (tertiary/aromatic N) is 2. The molecule has 1 saturated heterocycles. The average molecular weight is 247 g/mol. The van der Waals surface area contributed by atoms with Gasteiger partial charge in [-0.2, -0.15) is 0 Å². The minimum absolute atomic E-state index is 0.625. The largest absolute Gasteiger partial charge is 0.354 e. The van der Waals surface area contributed by atoms with Gasteiger partial charge in [0, 0.05) is 24.8 Å². The van der Waals surface area contributed by atoms with Gasteiger partial charge in [-0.25, -0.2) is 4.98 Å². The summed E-state index contributed by atoms with van der Waals surface area (Å²) in [5.74, 6) is 1.16. The van der Waals surface area contributed by atoms with E-state index in [-0.39, 0.29) is 0 Å². The summed E-state index contributed by atoms with van der Waals surface area (Å²) < 4.78 is 0. The van der Waals surface area contributed by atoms with E-state index < -0.39 is 0 Å². The van der Waals surface area contributed by atoms with E-state index in [9.17, 15) is 0 Å². The maximum absolute atomic E-state index is 4.71. The van der Waals surface area contributed by atoms with E-state index in [1.165, 1.54) is 24.8 Å². The van der Waals surface area contributed by atoms with Gasteiger partial charge in [0.25, 0.3) is 0 Å². The smallest absolute Gasteiger partial charge is 0.129 e. The highest BCUT2D eigenvalue weighted by Crippen LogP contribution is 2.24. The number of piperidine rings is 1. The van der Waals surface area contributed by atoms with Crippen molar-refractivity contribution in [2.45, 2.75) is 52.6 Å². The molecule has 1 atom stereocenters. The van der Waals surface area contributed by atoms with Crippen LogP contribution >= 0.6 is 0 Å². The van der Waals surface area contributed by atoms with Crippen LogP contribution in [0.3, 0.4) is 0 Å². The molecule has 2 rings (SSSR count). The van der Waals surface area contributed by atoms with Gasteiger partial charge < -0.3 is 10.2 Å². The summed E-state index contributed by atoms with van der Waals surface area (Å²) in [7, 11) is 0. The first-order valence-corrected chi connectivity index (χ1v) is 7.15. The Kier molecular flexibility index (Phi) is 4.59. The van der Waals surface area contributed by atoms with Crippen molar-refractivity contribution in [1.82, 2.24) is 10.3 Å². The molecule has 0 amide bonds. The fourth-order valence-electron chi connectivity index (χ4n) is 2.68. The number of aromatic nitrogens is 1. The normalized spacial score (nSPS) is 20.2. The predicted molar refractivity (Wildman–Crippen MR) is 77.0 cm³/mol. The monoisotopic (exact) mass is 247 g/mol. The zero-order valence-corrected chi connectivity index (χ0v) is 11.9. The Labute approximate surface area is 111 Å². The number of aryl methyl sites for hydroxylation is 1. The highest BCUT2D eigenvalue weighted by molar-refractivity contribution is 5.44. The lowest BCUT2D eigenvalue weighted by Crippen LogP contribution is -2.38. The van der Waals surface area contributed by atoms with Crippen LogP contribution < -0.4 is 10.2 Å². The first-order valence-electron chi connectivity index (χ1n) is 7.15. The Balaban J connectivity index is 2.18. The number of nitrogens with one attached hydrogen (secondary N) is 1. The standard InChI is InChI=1S/C15H25N3/c1-4-16-11-14-9-12(2)17-15(10-14)18-8-6-5-7-13(18)3/h9-10,13,16H,4-8,11H2,1-3H3. The van der Waals surface area contributed by atoms with Crippen molar-refractivity contribution in [2.24, 2.45) is 0 Å². The molecule has 1 aliphatic heterocycles. The van der Waals surface area contributed by atoms with Gasteiger partial charge in [-0.15, -0.1) is 0 Å². The molecule has 0 saturated carbocycles. The highest BCUT2D eigenvalue weighted by Gasteiger charge is 2.19. The zero-order chi connectivity index (χ0) is 13.0. The second-order valence-electron chi connectivity index (χ2n) is 5.29. The Bertz CT molecular complexity index is 389. The first kappa shape index (κ1) is 13.3. The van der Waals surface area contributed by atoms with Gasteiger partial charge in [0.2, 0.25) is 0 Å². The molecular weight excluding hydrogens is 222 g/mol. The molecule has 100 valence electrons. The van der Waals surface area contributed by atoms with Crippen molar-refractivity contribution < 1.29 is 0 Å². The molecule has 0 bridgehead atoms. The summed E-state index contributed by atoms with van der Waals surface area (Å²) >= 11 is 0. The van der Waals surface area contributed by atoms with E-state index in [2.05, 4.69) is 43.1 Å². The molecule has 1 aromatic heterocycles. The SMILES string of the molecule is CCNCc1cc(C)nc(N2CCCCC2C)c1. The maximum atomic E-state index is 4.71. The van der Waals surface area contributed by atoms with Gasteiger partial charge in [0.15, 0.2) is 0 Å². The van der Waals surface area contributed by atoms with E-state index in [0.717, 1.165) is 31.1 Å². The molecule has 0 spiro atoms. The predicted octanol–water partition coefficient (Wildman–Crippen LogP) is 2.88. The van der Waals surface area contributed by atoms with Crippen LogP contribution in [-0.2, 0) is 6.54 Å². The summed E-state index contributed by atoms with van der Waals surface area (Å²) in [6, 6.07) is 5.05. The fraction of sp³-hybridized carbons (Fsp3) is 0.667. The Morgan fingerprint density at radius 2 is 2.22 bits per heavy atom. The Morgan fingerprint density at radius 3 is 2.94 bits per heavy atom. The van der Waals surface area contributed by atoms with Gasteiger partial charge in [-0.1, -0.05) is 6.92 Å². The summed E-state index contributed by atoms with van der Waals surface area (Å²) in [5, 5.41) is 3.39. The number of pyridine rings is 1. The molecular formula is C15H25N3. The molecule has 18 heavy (non-hydrogen) atoms. The van der Waals surface area contributed by atoms with E-state index in [0.29, 0.717) is 6.04 Å². The summed E-state index contributed by atoms with van der Waals surface area (Å²) in [6.07, 6.45) is 3.94. The summed E-state index contributed by atoms with van der Waals surface area (Å²) in [5.41, 5.74) is 2.47. The van der Waals surface area contributed by atoms with Crippen molar-refractivity contribution in [2.75, 3.05) is 18.0 Å².